The van der Waals surface area contributed by atoms with E-state index in [-0.39, 0.29) is 57.8 Å². The molecule has 0 fully saturated rings. The molecule has 0 rings (SSSR count). The van der Waals surface area contributed by atoms with Crippen LogP contribution in [0.3, 0.4) is 0 Å². The van der Waals surface area contributed by atoms with Gasteiger partial charge in [0.2, 0.25) is 0 Å². The van der Waals surface area contributed by atoms with Crippen LogP contribution in [0.25, 0.3) is 0 Å². The van der Waals surface area contributed by atoms with Crippen molar-refractivity contribution in [1.29, 1.82) is 0 Å². The summed E-state index contributed by atoms with van der Waals surface area (Å²) in [6, 6.07) is 0. The third kappa shape index (κ3) is 10.9. The number of carboxylic acid groups (broad SMARTS) is 1. The van der Waals surface area contributed by atoms with Gasteiger partial charge >= 0.3 is 57.4 Å². The molecule has 0 radical (unpaired) electrons. The van der Waals surface area contributed by atoms with Crippen LogP contribution in [0.4, 0.5) is 0 Å². The molecule has 0 heterocycles. The van der Waals surface area contributed by atoms with Crippen molar-refractivity contribution in [2.75, 3.05) is 12.5 Å². The van der Waals surface area contributed by atoms with Gasteiger partial charge in [-0.3, -0.25) is 4.79 Å². The van der Waals surface area contributed by atoms with Gasteiger partial charge < -0.3 is 14.6 Å². The molecule has 0 aromatic carbocycles. The van der Waals surface area contributed by atoms with E-state index in [1.165, 1.54) is 0 Å². The summed E-state index contributed by atoms with van der Waals surface area (Å²) >= 11 is 5.27. The molecule has 0 amide bonds. The molecule has 0 aliphatic heterocycles. The molecule has 6 heteroatoms. The maximum absolute atomic E-state index is 10.5. The molecule has 0 N–H and O–H groups in total. The number of aliphatic carboxylic acids is 1. The fourth-order valence-corrected chi connectivity index (χ4v) is 0.556. The number of carbonyl (C=O) groups excluding carboxylic acids is 2. The first-order chi connectivity index (χ1) is 5.16. The molecule has 0 saturated carbocycles. The van der Waals surface area contributed by atoms with Gasteiger partial charge in [0.1, 0.15) is 6.61 Å². The summed E-state index contributed by atoms with van der Waals surface area (Å²) in [5, 5.41) is 9.76. The van der Waals surface area contributed by atoms with E-state index in [9.17, 15) is 14.7 Å². The van der Waals surface area contributed by atoms with Crippen LogP contribution in [0.1, 0.15) is 12.8 Å². The van der Waals surface area contributed by atoms with E-state index in [0.29, 0.717) is 12.3 Å². The summed E-state index contributed by atoms with van der Waals surface area (Å²) in [6.45, 7) is -0.679. The Morgan fingerprint density at radius 3 is 2.42 bits per heavy atom. The standard InChI is InChI=1S/C6H9ClO4.K/c7-3-1-2-6(10)11-4-5(8)9;/h1-4H2,(H,8,9);/q;+1/p-1. The van der Waals surface area contributed by atoms with E-state index in [4.69, 9.17) is 11.6 Å². The Morgan fingerprint density at radius 2 is 2.00 bits per heavy atom. The number of alkyl halides is 1. The van der Waals surface area contributed by atoms with Crippen molar-refractivity contribution in [2.24, 2.45) is 0 Å². The maximum atomic E-state index is 10.5. The van der Waals surface area contributed by atoms with Crippen LogP contribution in [0.2, 0.25) is 0 Å². The fourth-order valence-electron chi connectivity index (χ4n) is 0.423. The zero-order chi connectivity index (χ0) is 8.69. The van der Waals surface area contributed by atoms with Gasteiger partial charge in [-0.25, -0.2) is 0 Å². The molecule has 0 aliphatic carbocycles. The van der Waals surface area contributed by atoms with Gasteiger partial charge in [-0.2, -0.15) is 0 Å². The van der Waals surface area contributed by atoms with Crippen LogP contribution in [0.15, 0.2) is 0 Å². The Kier molecular flexibility index (Phi) is 12.7. The quantitative estimate of drug-likeness (QED) is 0.271. The summed E-state index contributed by atoms with van der Waals surface area (Å²) in [5.41, 5.74) is 0. The van der Waals surface area contributed by atoms with E-state index < -0.39 is 18.5 Å². The minimum Gasteiger partial charge on any atom is -0.546 e. The molecule has 12 heavy (non-hydrogen) atoms. The van der Waals surface area contributed by atoms with Gasteiger partial charge in [0.25, 0.3) is 0 Å². The first-order valence-corrected chi connectivity index (χ1v) is 3.61. The first-order valence-electron chi connectivity index (χ1n) is 3.08. The van der Waals surface area contributed by atoms with Crippen molar-refractivity contribution < 1.29 is 70.8 Å². The van der Waals surface area contributed by atoms with Crippen molar-refractivity contribution in [3.8, 4) is 0 Å². The molecule has 4 nitrogen and oxygen atoms in total. The van der Waals surface area contributed by atoms with Gasteiger partial charge in [0.05, 0.1) is 5.97 Å². The fraction of sp³-hybridized carbons (Fsp3) is 0.667. The molecule has 0 aromatic rings. The number of carbonyl (C=O) groups is 2. The Labute approximate surface area is 118 Å². The van der Waals surface area contributed by atoms with Crippen LogP contribution in [-0.4, -0.2) is 24.4 Å². The van der Waals surface area contributed by atoms with Crippen molar-refractivity contribution >= 4 is 23.5 Å². The smallest absolute Gasteiger partial charge is 0.546 e. The molecule has 0 saturated heterocycles. The van der Waals surface area contributed by atoms with E-state index in [1.807, 2.05) is 0 Å². The SMILES string of the molecule is O=C([O-])COC(=O)CCCCl.[K+]. The summed E-state index contributed by atoms with van der Waals surface area (Å²) in [4.78, 5) is 20.3. The van der Waals surface area contributed by atoms with Crippen LogP contribution < -0.4 is 56.5 Å². The van der Waals surface area contributed by atoms with E-state index in [2.05, 4.69) is 4.74 Å². The van der Waals surface area contributed by atoms with Gasteiger partial charge in [-0.05, 0) is 6.42 Å². The predicted octanol–water partition coefficient (Wildman–Crippen LogP) is -3.70. The summed E-state index contributed by atoms with van der Waals surface area (Å²) < 4.78 is 4.25. The molecule has 64 valence electrons. The van der Waals surface area contributed by atoms with E-state index in [0.717, 1.165) is 0 Å². The second-order valence-corrected chi connectivity index (χ2v) is 2.20. The molecule has 0 aliphatic rings. The molecule has 0 spiro atoms. The van der Waals surface area contributed by atoms with Gasteiger partial charge in [0, 0.05) is 12.3 Å². The summed E-state index contributed by atoms with van der Waals surface area (Å²) in [7, 11) is 0. The minimum atomic E-state index is -1.40. The normalized spacial score (nSPS) is 8.42. The van der Waals surface area contributed by atoms with Crippen LogP contribution in [-0.2, 0) is 14.3 Å². The summed E-state index contributed by atoms with van der Waals surface area (Å²) in [6.07, 6.45) is 0.643. The number of hydrogen-bond acceptors (Lipinski definition) is 4. The van der Waals surface area contributed by atoms with Crippen LogP contribution >= 0.6 is 11.6 Å². The number of ether oxygens (including phenoxy) is 1. The van der Waals surface area contributed by atoms with E-state index in [1.54, 1.807) is 0 Å². The van der Waals surface area contributed by atoms with Crippen molar-refractivity contribution in [1.82, 2.24) is 0 Å². The molecule has 0 bridgehead atoms. The van der Waals surface area contributed by atoms with Crippen LogP contribution in [0.5, 0.6) is 0 Å². The number of carboxylic acids is 1. The van der Waals surface area contributed by atoms with Gasteiger partial charge in [-0.15, -0.1) is 11.6 Å². The third-order valence-electron chi connectivity index (χ3n) is 0.866. The van der Waals surface area contributed by atoms with Gasteiger partial charge in [0.15, 0.2) is 0 Å². The maximum Gasteiger partial charge on any atom is 1.00 e. The Balaban J connectivity index is 0. The molecular weight excluding hydrogens is 211 g/mol. The average Bonchev–Trinajstić information content (AvgIpc) is 1.97. The monoisotopic (exact) mass is 218 g/mol. The zero-order valence-electron chi connectivity index (χ0n) is 6.84. The average molecular weight is 219 g/mol. The second-order valence-electron chi connectivity index (χ2n) is 1.83. The third-order valence-corrected chi connectivity index (χ3v) is 1.13. The van der Waals surface area contributed by atoms with E-state index >= 15 is 0 Å². The van der Waals surface area contributed by atoms with Crippen LogP contribution in [0, 0.1) is 0 Å². The Bertz CT molecular complexity index is 150. The number of hydrogen-bond donors (Lipinski definition) is 0. The summed E-state index contributed by atoms with van der Waals surface area (Å²) in [5.74, 6) is -1.60. The molecule has 0 atom stereocenters. The molecule has 0 aromatic heterocycles. The van der Waals surface area contributed by atoms with Crippen molar-refractivity contribution in [3.05, 3.63) is 0 Å². The zero-order valence-corrected chi connectivity index (χ0v) is 10.7. The second kappa shape index (κ2) is 9.95. The van der Waals surface area contributed by atoms with Crippen molar-refractivity contribution in [2.45, 2.75) is 12.8 Å². The largest absolute Gasteiger partial charge is 1.00 e. The molecule has 0 unspecified atom stereocenters. The number of rotatable bonds is 5. The van der Waals surface area contributed by atoms with Crippen molar-refractivity contribution in [3.63, 3.8) is 0 Å². The van der Waals surface area contributed by atoms with Gasteiger partial charge in [-0.1, -0.05) is 0 Å². The number of esters is 1. The predicted molar refractivity (Wildman–Crippen MR) is 35.9 cm³/mol. The topological polar surface area (TPSA) is 66.4 Å². The Morgan fingerprint density at radius 1 is 1.42 bits per heavy atom. The number of halogens is 1. The molecular formula is C6H8ClKO4. The first kappa shape index (κ1) is 15.3. The Hall–Kier alpha value is 0.866. The minimum absolute atomic E-state index is 0.